The zero-order valence-corrected chi connectivity index (χ0v) is 16.8. The largest absolute Gasteiger partial charge is 0.372 e. The Labute approximate surface area is 163 Å². The minimum atomic E-state index is -0.341. The van der Waals surface area contributed by atoms with Gasteiger partial charge in [-0.3, -0.25) is 9.59 Å². The molecule has 1 spiro atoms. The van der Waals surface area contributed by atoms with Gasteiger partial charge in [-0.05, 0) is 58.0 Å². The molecule has 3 saturated heterocycles. The molecule has 27 heavy (non-hydrogen) atoms. The van der Waals surface area contributed by atoms with E-state index in [0.717, 1.165) is 52.0 Å². The highest BCUT2D eigenvalue weighted by Gasteiger charge is 2.42. The molecule has 4 rings (SSSR count). The monoisotopic (exact) mass is 377 g/mol. The number of carbonyl (C=O) groups excluding carboxylic acids is 2. The van der Waals surface area contributed by atoms with Gasteiger partial charge in [-0.15, -0.1) is 0 Å². The van der Waals surface area contributed by atoms with Crippen LogP contribution in [0.15, 0.2) is 0 Å². The van der Waals surface area contributed by atoms with E-state index in [1.807, 2.05) is 9.80 Å². The van der Waals surface area contributed by atoms with Gasteiger partial charge >= 0.3 is 0 Å². The number of hydrogen-bond acceptors (Lipinski definition) is 4. The Bertz CT molecular complexity index is 555. The van der Waals surface area contributed by atoms with Gasteiger partial charge in [-0.1, -0.05) is 6.42 Å². The highest BCUT2D eigenvalue weighted by molar-refractivity contribution is 5.78. The molecule has 0 N–H and O–H groups in total. The summed E-state index contributed by atoms with van der Waals surface area (Å²) in [6, 6.07) is 0.407. The fourth-order valence-electron chi connectivity index (χ4n) is 5.17. The summed E-state index contributed by atoms with van der Waals surface area (Å²) in [4.78, 5) is 31.9. The SMILES string of the molecule is CN1CCCC1CC(=O)N1CCC2(CC1)CC(=O)N(CC1CCC1)CCO2. The minimum absolute atomic E-state index is 0.256. The molecule has 1 aliphatic carbocycles. The van der Waals surface area contributed by atoms with Gasteiger partial charge in [0.2, 0.25) is 11.8 Å². The third-order valence-corrected chi connectivity index (χ3v) is 7.41. The minimum Gasteiger partial charge on any atom is -0.372 e. The van der Waals surface area contributed by atoms with Crippen molar-refractivity contribution in [3.8, 4) is 0 Å². The molecule has 1 saturated carbocycles. The Kier molecular flexibility index (Phi) is 5.74. The summed E-state index contributed by atoms with van der Waals surface area (Å²) in [6.07, 6.45) is 8.90. The van der Waals surface area contributed by atoms with Gasteiger partial charge in [0.1, 0.15) is 0 Å². The zero-order valence-electron chi connectivity index (χ0n) is 16.8. The quantitative estimate of drug-likeness (QED) is 0.751. The van der Waals surface area contributed by atoms with Crippen LogP contribution in [0.3, 0.4) is 0 Å². The molecule has 4 aliphatic rings. The summed E-state index contributed by atoms with van der Waals surface area (Å²) in [5.41, 5.74) is -0.341. The predicted octanol–water partition coefficient (Wildman–Crippen LogP) is 1.88. The predicted molar refractivity (Wildman–Crippen MR) is 103 cm³/mol. The third-order valence-electron chi connectivity index (χ3n) is 7.41. The van der Waals surface area contributed by atoms with Crippen molar-refractivity contribution in [2.75, 3.05) is 46.4 Å². The summed E-state index contributed by atoms with van der Waals surface area (Å²) >= 11 is 0. The van der Waals surface area contributed by atoms with Crippen LogP contribution in [0, 0.1) is 5.92 Å². The number of hydrogen-bond donors (Lipinski definition) is 0. The number of rotatable bonds is 4. The highest BCUT2D eigenvalue weighted by Crippen LogP contribution is 2.34. The maximum Gasteiger partial charge on any atom is 0.225 e. The highest BCUT2D eigenvalue weighted by atomic mass is 16.5. The second-order valence-corrected chi connectivity index (χ2v) is 9.21. The Balaban J connectivity index is 1.28. The van der Waals surface area contributed by atoms with Gasteiger partial charge in [0.15, 0.2) is 0 Å². The van der Waals surface area contributed by atoms with E-state index >= 15 is 0 Å². The Morgan fingerprint density at radius 2 is 1.89 bits per heavy atom. The summed E-state index contributed by atoms with van der Waals surface area (Å²) < 4.78 is 6.24. The van der Waals surface area contributed by atoms with Crippen molar-refractivity contribution in [3.63, 3.8) is 0 Å². The van der Waals surface area contributed by atoms with Crippen molar-refractivity contribution < 1.29 is 14.3 Å². The van der Waals surface area contributed by atoms with Crippen LogP contribution in [0.2, 0.25) is 0 Å². The molecule has 0 aromatic heterocycles. The summed E-state index contributed by atoms with van der Waals surface area (Å²) in [6.45, 7) is 4.84. The van der Waals surface area contributed by atoms with E-state index in [-0.39, 0.29) is 17.4 Å². The van der Waals surface area contributed by atoms with E-state index < -0.39 is 0 Å². The van der Waals surface area contributed by atoms with Crippen LogP contribution in [-0.4, -0.2) is 84.5 Å². The third kappa shape index (κ3) is 4.32. The van der Waals surface area contributed by atoms with Crippen LogP contribution in [0.25, 0.3) is 0 Å². The Morgan fingerprint density at radius 1 is 1.11 bits per heavy atom. The lowest BCUT2D eigenvalue weighted by Gasteiger charge is -2.41. The fourth-order valence-corrected chi connectivity index (χ4v) is 5.17. The number of likely N-dealkylation sites (tertiary alicyclic amines) is 2. The fraction of sp³-hybridized carbons (Fsp3) is 0.905. The molecule has 152 valence electrons. The normalized spacial score (nSPS) is 29.8. The van der Waals surface area contributed by atoms with Crippen molar-refractivity contribution in [1.29, 1.82) is 0 Å². The van der Waals surface area contributed by atoms with Gasteiger partial charge in [0, 0.05) is 38.6 Å². The standard InChI is InChI=1S/C21H35N3O3/c1-22-9-3-6-18(22)14-19(25)23-10-7-21(8-11-23)15-20(26)24(12-13-27-21)16-17-4-2-5-17/h17-18H,2-16H2,1H3. The molecule has 3 aliphatic heterocycles. The van der Waals surface area contributed by atoms with E-state index in [2.05, 4.69) is 11.9 Å². The first-order chi connectivity index (χ1) is 13.0. The van der Waals surface area contributed by atoms with E-state index in [1.54, 1.807) is 0 Å². The molecule has 1 unspecified atom stereocenters. The maximum atomic E-state index is 12.8. The van der Waals surface area contributed by atoms with E-state index in [4.69, 9.17) is 4.74 Å². The zero-order chi connectivity index (χ0) is 18.9. The van der Waals surface area contributed by atoms with Crippen LogP contribution in [0.4, 0.5) is 0 Å². The van der Waals surface area contributed by atoms with Crippen LogP contribution >= 0.6 is 0 Å². The topological polar surface area (TPSA) is 53.1 Å². The van der Waals surface area contributed by atoms with Crippen LogP contribution in [0.5, 0.6) is 0 Å². The van der Waals surface area contributed by atoms with Crippen molar-refractivity contribution in [2.45, 2.75) is 69.4 Å². The number of carbonyl (C=O) groups is 2. The molecule has 4 fully saturated rings. The van der Waals surface area contributed by atoms with E-state index in [1.165, 1.54) is 25.7 Å². The summed E-state index contributed by atoms with van der Waals surface area (Å²) in [5, 5.41) is 0. The Hall–Kier alpha value is -1.14. The number of nitrogens with zero attached hydrogens (tertiary/aromatic N) is 3. The van der Waals surface area contributed by atoms with Crippen molar-refractivity contribution in [2.24, 2.45) is 5.92 Å². The van der Waals surface area contributed by atoms with Gasteiger partial charge in [-0.25, -0.2) is 0 Å². The van der Waals surface area contributed by atoms with Crippen molar-refractivity contribution in [1.82, 2.24) is 14.7 Å². The first-order valence-electron chi connectivity index (χ1n) is 10.9. The molecular weight excluding hydrogens is 342 g/mol. The first-order valence-corrected chi connectivity index (χ1v) is 10.9. The lowest BCUT2D eigenvalue weighted by molar-refractivity contribution is -0.142. The molecule has 0 radical (unpaired) electrons. The van der Waals surface area contributed by atoms with Gasteiger partial charge < -0.3 is 19.4 Å². The molecule has 0 bridgehead atoms. The maximum absolute atomic E-state index is 12.8. The molecule has 6 nitrogen and oxygen atoms in total. The summed E-state index contributed by atoms with van der Waals surface area (Å²) in [5.74, 6) is 1.23. The second kappa shape index (κ2) is 8.08. The molecule has 0 aromatic rings. The average Bonchev–Trinajstić information content (AvgIpc) is 2.94. The lowest BCUT2D eigenvalue weighted by atomic mass is 9.84. The van der Waals surface area contributed by atoms with Gasteiger partial charge in [0.05, 0.1) is 18.6 Å². The molecule has 0 aromatic carbocycles. The number of ether oxygens (including phenoxy) is 1. The van der Waals surface area contributed by atoms with Crippen LogP contribution in [-0.2, 0) is 14.3 Å². The first kappa shape index (κ1) is 19.2. The van der Waals surface area contributed by atoms with Gasteiger partial charge in [0.25, 0.3) is 0 Å². The molecule has 3 heterocycles. The summed E-state index contributed by atoms with van der Waals surface area (Å²) in [7, 11) is 2.12. The van der Waals surface area contributed by atoms with Crippen molar-refractivity contribution in [3.05, 3.63) is 0 Å². The van der Waals surface area contributed by atoms with E-state index in [0.29, 0.717) is 31.4 Å². The molecular formula is C21H35N3O3. The number of piperidine rings is 1. The Morgan fingerprint density at radius 3 is 2.52 bits per heavy atom. The van der Waals surface area contributed by atoms with Crippen LogP contribution < -0.4 is 0 Å². The average molecular weight is 378 g/mol. The van der Waals surface area contributed by atoms with Crippen molar-refractivity contribution >= 4 is 11.8 Å². The second-order valence-electron chi connectivity index (χ2n) is 9.21. The van der Waals surface area contributed by atoms with Crippen LogP contribution in [0.1, 0.15) is 57.8 Å². The molecule has 6 heteroatoms. The van der Waals surface area contributed by atoms with Gasteiger partial charge in [-0.2, -0.15) is 0 Å². The number of amides is 2. The molecule has 1 atom stereocenters. The lowest BCUT2D eigenvalue weighted by Crippen LogP contribution is -2.50. The molecule has 2 amide bonds. The van der Waals surface area contributed by atoms with E-state index in [9.17, 15) is 9.59 Å². The smallest absolute Gasteiger partial charge is 0.225 e.